The van der Waals surface area contributed by atoms with Gasteiger partial charge in [0.05, 0.1) is 11.2 Å². The van der Waals surface area contributed by atoms with Crippen LogP contribution in [0, 0.1) is 0 Å². The molecule has 0 aliphatic rings. The lowest BCUT2D eigenvalue weighted by Gasteiger charge is -2.05. The van der Waals surface area contributed by atoms with E-state index in [1.807, 2.05) is 11.8 Å². The van der Waals surface area contributed by atoms with Crippen molar-refractivity contribution in [2.45, 2.75) is 46.3 Å². The van der Waals surface area contributed by atoms with E-state index in [1.54, 1.807) is 0 Å². The van der Waals surface area contributed by atoms with E-state index in [0.717, 1.165) is 18.8 Å². The third-order valence-corrected chi connectivity index (χ3v) is 4.26. The van der Waals surface area contributed by atoms with Crippen LogP contribution in [0.5, 0.6) is 0 Å². The van der Waals surface area contributed by atoms with Crippen LogP contribution in [0.1, 0.15) is 32.9 Å². The van der Waals surface area contributed by atoms with Crippen molar-refractivity contribution in [1.29, 1.82) is 0 Å². The maximum absolute atomic E-state index is 4.80. The third kappa shape index (κ3) is 4.00. The van der Waals surface area contributed by atoms with Crippen molar-refractivity contribution in [3.63, 3.8) is 0 Å². The number of aryl methyl sites for hydroxylation is 1. The maximum atomic E-state index is 4.80. The largest absolute Gasteiger partial charge is 0.309 e. The van der Waals surface area contributed by atoms with E-state index in [2.05, 4.69) is 55.0 Å². The number of benzene rings is 1. The van der Waals surface area contributed by atoms with Crippen molar-refractivity contribution >= 4 is 22.7 Å². The Labute approximate surface area is 126 Å². The average Bonchev–Trinajstić information content (AvgIpc) is 2.80. The van der Waals surface area contributed by atoms with E-state index < -0.39 is 0 Å². The van der Waals surface area contributed by atoms with Gasteiger partial charge >= 0.3 is 0 Å². The summed E-state index contributed by atoms with van der Waals surface area (Å²) in [5.41, 5.74) is 2.42. The molecule has 110 valence electrons. The Balaban J connectivity index is 2.13. The molecule has 20 heavy (non-hydrogen) atoms. The molecule has 3 nitrogen and oxygen atoms in total. The lowest BCUT2D eigenvalue weighted by Crippen LogP contribution is -2.22. The summed E-state index contributed by atoms with van der Waals surface area (Å²) in [5.74, 6) is 2.41. The molecule has 0 unspecified atom stereocenters. The number of fused-ring (bicyclic) bond motifs is 1. The molecule has 4 heteroatoms. The smallest absolute Gasteiger partial charge is 0.0841 e. The molecule has 1 aromatic heterocycles. The molecule has 0 fully saturated rings. The zero-order chi connectivity index (χ0) is 14.4. The molecule has 1 aromatic carbocycles. The molecule has 2 aromatic rings. The lowest BCUT2D eigenvalue weighted by molar-refractivity contribution is 0.562. The minimum Gasteiger partial charge on any atom is -0.309 e. The zero-order valence-corrected chi connectivity index (χ0v) is 13.5. The zero-order valence-electron chi connectivity index (χ0n) is 12.7. The van der Waals surface area contributed by atoms with Crippen LogP contribution in [0.3, 0.4) is 0 Å². The van der Waals surface area contributed by atoms with Crippen LogP contribution >= 0.6 is 11.8 Å². The van der Waals surface area contributed by atoms with Gasteiger partial charge in [-0.05, 0) is 24.0 Å². The van der Waals surface area contributed by atoms with Crippen molar-refractivity contribution in [3.05, 3.63) is 30.0 Å². The molecule has 0 bridgehead atoms. The SMILES string of the molecule is CCSCCCn1nc(CNC(C)C)c2ccccc21. The number of para-hydroxylation sites is 1. The first-order chi connectivity index (χ1) is 9.72. The summed E-state index contributed by atoms with van der Waals surface area (Å²) in [6, 6.07) is 9.03. The molecule has 0 aliphatic carbocycles. The topological polar surface area (TPSA) is 29.9 Å². The van der Waals surface area contributed by atoms with Crippen LogP contribution in [0.4, 0.5) is 0 Å². The van der Waals surface area contributed by atoms with Gasteiger partial charge in [-0.3, -0.25) is 4.68 Å². The summed E-state index contributed by atoms with van der Waals surface area (Å²) < 4.78 is 2.17. The first-order valence-corrected chi connectivity index (χ1v) is 8.63. The highest BCUT2D eigenvalue weighted by molar-refractivity contribution is 7.99. The predicted octanol–water partition coefficient (Wildman–Crippen LogP) is 3.68. The fourth-order valence-electron chi connectivity index (χ4n) is 2.26. The fraction of sp³-hybridized carbons (Fsp3) is 0.562. The first kappa shape index (κ1) is 15.4. The van der Waals surface area contributed by atoms with Crippen molar-refractivity contribution in [1.82, 2.24) is 15.1 Å². The van der Waals surface area contributed by atoms with E-state index in [0.29, 0.717) is 6.04 Å². The molecule has 0 saturated carbocycles. The highest BCUT2D eigenvalue weighted by atomic mass is 32.2. The average molecular weight is 291 g/mol. The van der Waals surface area contributed by atoms with E-state index in [9.17, 15) is 0 Å². The first-order valence-electron chi connectivity index (χ1n) is 7.48. The molecule has 0 amide bonds. The molecular formula is C16H25N3S. The summed E-state index contributed by atoms with van der Waals surface area (Å²) in [6.07, 6.45) is 1.18. The van der Waals surface area contributed by atoms with E-state index >= 15 is 0 Å². The Morgan fingerprint density at radius 3 is 2.85 bits per heavy atom. The summed E-state index contributed by atoms with van der Waals surface area (Å²) >= 11 is 2.00. The predicted molar refractivity (Wildman–Crippen MR) is 89.3 cm³/mol. The standard InChI is InChI=1S/C16H25N3S/c1-4-20-11-7-10-19-16-9-6-5-8-14(16)15(18-19)12-17-13(2)3/h5-6,8-9,13,17H,4,7,10-12H2,1-3H3. The molecular weight excluding hydrogens is 266 g/mol. The third-order valence-electron chi connectivity index (χ3n) is 3.27. The summed E-state index contributed by atoms with van der Waals surface area (Å²) in [4.78, 5) is 0. The summed E-state index contributed by atoms with van der Waals surface area (Å²) in [7, 11) is 0. The number of nitrogens with zero attached hydrogens (tertiary/aromatic N) is 2. The van der Waals surface area contributed by atoms with Crippen LogP contribution in [0.15, 0.2) is 24.3 Å². The molecule has 0 saturated heterocycles. The molecule has 1 N–H and O–H groups in total. The van der Waals surface area contributed by atoms with Gasteiger partial charge in [0.15, 0.2) is 0 Å². The normalized spacial score (nSPS) is 11.6. The van der Waals surface area contributed by atoms with Gasteiger partial charge in [0.2, 0.25) is 0 Å². The van der Waals surface area contributed by atoms with Gasteiger partial charge in [-0.2, -0.15) is 16.9 Å². The van der Waals surface area contributed by atoms with Crippen molar-refractivity contribution < 1.29 is 0 Å². The Hall–Kier alpha value is -1.00. The second kappa shape index (κ2) is 7.70. The number of aromatic nitrogens is 2. The highest BCUT2D eigenvalue weighted by Crippen LogP contribution is 2.19. The second-order valence-corrected chi connectivity index (χ2v) is 6.67. The molecule has 0 atom stereocenters. The van der Waals surface area contributed by atoms with Gasteiger partial charge < -0.3 is 5.32 Å². The number of nitrogens with one attached hydrogen (secondary N) is 1. The Bertz CT molecular complexity index is 534. The van der Waals surface area contributed by atoms with Gasteiger partial charge in [0, 0.05) is 24.5 Å². The molecule has 2 rings (SSSR count). The summed E-state index contributed by atoms with van der Waals surface area (Å²) in [5, 5.41) is 9.55. The minimum absolute atomic E-state index is 0.486. The van der Waals surface area contributed by atoms with Crippen molar-refractivity contribution in [3.8, 4) is 0 Å². The van der Waals surface area contributed by atoms with Crippen LogP contribution in [-0.4, -0.2) is 27.3 Å². The van der Waals surface area contributed by atoms with E-state index in [-0.39, 0.29) is 0 Å². The lowest BCUT2D eigenvalue weighted by atomic mass is 10.2. The molecule has 0 spiro atoms. The van der Waals surface area contributed by atoms with Crippen molar-refractivity contribution in [2.75, 3.05) is 11.5 Å². The monoisotopic (exact) mass is 291 g/mol. The Morgan fingerprint density at radius 1 is 1.30 bits per heavy atom. The number of thioether (sulfide) groups is 1. The Kier molecular flexibility index (Phi) is 5.92. The highest BCUT2D eigenvalue weighted by Gasteiger charge is 2.09. The maximum Gasteiger partial charge on any atom is 0.0841 e. The van der Waals surface area contributed by atoms with Gasteiger partial charge in [-0.25, -0.2) is 0 Å². The van der Waals surface area contributed by atoms with Gasteiger partial charge in [-0.1, -0.05) is 39.0 Å². The number of rotatable bonds is 8. The van der Waals surface area contributed by atoms with Crippen LogP contribution < -0.4 is 5.32 Å². The number of hydrogen-bond donors (Lipinski definition) is 1. The Morgan fingerprint density at radius 2 is 2.10 bits per heavy atom. The van der Waals surface area contributed by atoms with Crippen LogP contribution in [-0.2, 0) is 13.1 Å². The second-order valence-electron chi connectivity index (χ2n) is 5.27. The quantitative estimate of drug-likeness (QED) is 0.753. The molecule has 1 heterocycles. The van der Waals surface area contributed by atoms with Crippen LogP contribution in [0.25, 0.3) is 10.9 Å². The van der Waals surface area contributed by atoms with Crippen molar-refractivity contribution in [2.24, 2.45) is 0 Å². The molecule has 0 aliphatic heterocycles. The fourth-order valence-corrected chi connectivity index (χ4v) is 2.88. The minimum atomic E-state index is 0.486. The van der Waals surface area contributed by atoms with Crippen LogP contribution in [0.2, 0.25) is 0 Å². The number of hydrogen-bond acceptors (Lipinski definition) is 3. The van der Waals surface area contributed by atoms with Gasteiger partial charge in [0.25, 0.3) is 0 Å². The van der Waals surface area contributed by atoms with Gasteiger partial charge in [0.1, 0.15) is 0 Å². The van der Waals surface area contributed by atoms with E-state index in [1.165, 1.54) is 28.8 Å². The van der Waals surface area contributed by atoms with E-state index in [4.69, 9.17) is 5.10 Å². The molecule has 0 radical (unpaired) electrons. The summed E-state index contributed by atoms with van der Waals surface area (Å²) in [6.45, 7) is 8.40. The van der Waals surface area contributed by atoms with Gasteiger partial charge in [-0.15, -0.1) is 0 Å².